The fourth-order valence-corrected chi connectivity index (χ4v) is 4.36. The van der Waals surface area contributed by atoms with Gasteiger partial charge in [-0.15, -0.1) is 0 Å². The summed E-state index contributed by atoms with van der Waals surface area (Å²) in [5, 5.41) is 3.00. The van der Waals surface area contributed by atoms with Crippen LogP contribution in [0.4, 0.5) is 5.69 Å². The molecule has 0 saturated carbocycles. The van der Waals surface area contributed by atoms with Gasteiger partial charge in [-0.05, 0) is 38.3 Å². The zero-order valence-corrected chi connectivity index (χ0v) is 18.5. The van der Waals surface area contributed by atoms with Crippen LogP contribution in [0.2, 0.25) is 0 Å². The maximum atomic E-state index is 13.3. The third-order valence-corrected chi connectivity index (χ3v) is 5.88. The SMILES string of the molecule is Cc1cc(=O)[nH]c(-c2cccc(NC(=O)c3nc(-c4ccccc4)n4c3CCCCC4)c2)n1. The molecule has 3 heterocycles. The number of carbonyl (C=O) groups excluding carboxylic acids is 1. The first-order valence-electron chi connectivity index (χ1n) is 11.2. The minimum absolute atomic E-state index is 0.207. The Morgan fingerprint density at radius 3 is 2.61 bits per heavy atom. The number of rotatable bonds is 4. The summed E-state index contributed by atoms with van der Waals surface area (Å²) in [4.78, 5) is 37.1. The predicted molar refractivity (Wildman–Crippen MR) is 128 cm³/mol. The average molecular weight is 440 g/mol. The second kappa shape index (κ2) is 8.86. The molecule has 1 aliphatic heterocycles. The fourth-order valence-electron chi connectivity index (χ4n) is 4.36. The number of aryl methyl sites for hydroxylation is 1. The topological polar surface area (TPSA) is 92.7 Å². The van der Waals surface area contributed by atoms with E-state index < -0.39 is 0 Å². The molecule has 1 amide bonds. The summed E-state index contributed by atoms with van der Waals surface area (Å²) in [6, 6.07) is 18.8. The van der Waals surface area contributed by atoms with E-state index in [-0.39, 0.29) is 11.5 Å². The van der Waals surface area contributed by atoms with Crippen molar-refractivity contribution in [1.82, 2.24) is 19.5 Å². The second-order valence-electron chi connectivity index (χ2n) is 8.33. The van der Waals surface area contributed by atoms with E-state index in [2.05, 4.69) is 19.9 Å². The number of carbonyl (C=O) groups is 1. The van der Waals surface area contributed by atoms with Crippen molar-refractivity contribution in [2.45, 2.75) is 39.2 Å². The highest BCUT2D eigenvalue weighted by atomic mass is 16.2. The van der Waals surface area contributed by atoms with Gasteiger partial charge in [0.2, 0.25) is 0 Å². The number of imidazole rings is 1. The van der Waals surface area contributed by atoms with Crippen molar-refractivity contribution >= 4 is 11.6 Å². The highest BCUT2D eigenvalue weighted by molar-refractivity contribution is 6.04. The van der Waals surface area contributed by atoms with E-state index in [1.165, 1.54) is 6.07 Å². The molecular formula is C26H25N5O2. The first-order chi connectivity index (χ1) is 16.1. The van der Waals surface area contributed by atoms with Gasteiger partial charge in [-0.25, -0.2) is 9.97 Å². The van der Waals surface area contributed by atoms with Crippen molar-refractivity contribution in [2.75, 3.05) is 5.32 Å². The Bertz CT molecular complexity index is 1370. The number of nitrogens with one attached hydrogen (secondary N) is 2. The van der Waals surface area contributed by atoms with Crippen molar-refractivity contribution in [3.63, 3.8) is 0 Å². The molecule has 0 atom stereocenters. The maximum absolute atomic E-state index is 13.3. The molecule has 33 heavy (non-hydrogen) atoms. The van der Waals surface area contributed by atoms with Crippen LogP contribution >= 0.6 is 0 Å². The molecule has 0 bridgehead atoms. The van der Waals surface area contributed by atoms with Crippen LogP contribution in [0.5, 0.6) is 0 Å². The molecule has 2 aromatic heterocycles. The summed E-state index contributed by atoms with van der Waals surface area (Å²) in [6.07, 6.45) is 4.09. The van der Waals surface area contributed by atoms with Crippen LogP contribution in [0.15, 0.2) is 65.5 Å². The van der Waals surface area contributed by atoms with E-state index >= 15 is 0 Å². The monoisotopic (exact) mass is 439 g/mol. The van der Waals surface area contributed by atoms with E-state index in [0.717, 1.165) is 54.9 Å². The van der Waals surface area contributed by atoms with Gasteiger partial charge in [0.25, 0.3) is 11.5 Å². The number of hydrogen-bond acceptors (Lipinski definition) is 4. The summed E-state index contributed by atoms with van der Waals surface area (Å²) in [6.45, 7) is 2.64. The maximum Gasteiger partial charge on any atom is 0.276 e. The van der Waals surface area contributed by atoms with Crippen molar-refractivity contribution in [2.24, 2.45) is 0 Å². The highest BCUT2D eigenvalue weighted by Gasteiger charge is 2.24. The number of hydrogen-bond donors (Lipinski definition) is 2. The Kier molecular flexibility index (Phi) is 5.60. The van der Waals surface area contributed by atoms with E-state index in [1.54, 1.807) is 6.92 Å². The molecule has 0 spiro atoms. The first-order valence-corrected chi connectivity index (χ1v) is 11.2. The molecule has 0 fully saturated rings. The third-order valence-electron chi connectivity index (χ3n) is 5.88. The summed E-state index contributed by atoms with van der Waals surface area (Å²) in [5.41, 5.74) is 4.25. The van der Waals surface area contributed by atoms with Gasteiger partial charge in [0.15, 0.2) is 0 Å². The molecule has 166 valence electrons. The smallest absolute Gasteiger partial charge is 0.276 e. The Labute approximate surface area is 191 Å². The molecule has 0 aliphatic carbocycles. The van der Waals surface area contributed by atoms with Gasteiger partial charge < -0.3 is 14.9 Å². The zero-order chi connectivity index (χ0) is 22.8. The number of nitrogens with zero attached hydrogens (tertiary/aromatic N) is 3. The van der Waals surface area contributed by atoms with Gasteiger partial charge in [-0.3, -0.25) is 9.59 Å². The van der Waals surface area contributed by atoms with Crippen LogP contribution in [-0.4, -0.2) is 25.4 Å². The van der Waals surface area contributed by atoms with Crippen molar-refractivity contribution in [3.05, 3.63) is 88.1 Å². The standard InChI is InChI=1S/C26H25N5O2/c1-17-15-22(32)29-24(27-17)19-11-8-12-20(16-19)28-26(33)23-21-13-6-3-7-14-31(21)25(30-23)18-9-4-2-5-10-18/h2,4-5,8-12,15-16H,3,6-7,13-14H2,1H3,(H,28,33)(H,27,29,32). The second-order valence-corrected chi connectivity index (χ2v) is 8.33. The zero-order valence-electron chi connectivity index (χ0n) is 18.5. The Morgan fingerprint density at radius 2 is 1.79 bits per heavy atom. The molecule has 7 nitrogen and oxygen atoms in total. The highest BCUT2D eigenvalue weighted by Crippen LogP contribution is 2.28. The van der Waals surface area contributed by atoms with Crippen molar-refractivity contribution < 1.29 is 4.79 Å². The van der Waals surface area contributed by atoms with E-state index in [1.807, 2.05) is 54.6 Å². The van der Waals surface area contributed by atoms with Crippen LogP contribution in [0.25, 0.3) is 22.8 Å². The number of H-pyrrole nitrogens is 1. The third kappa shape index (κ3) is 4.35. The van der Waals surface area contributed by atoms with E-state index in [0.29, 0.717) is 22.9 Å². The van der Waals surface area contributed by atoms with Crippen LogP contribution in [0.1, 0.15) is 41.1 Å². The normalized spacial score (nSPS) is 13.2. The molecule has 2 aromatic carbocycles. The quantitative estimate of drug-likeness (QED) is 0.487. The lowest BCUT2D eigenvalue weighted by molar-refractivity contribution is 0.102. The molecule has 0 radical (unpaired) electrons. The Balaban J connectivity index is 1.48. The van der Waals surface area contributed by atoms with Gasteiger partial charge in [0.1, 0.15) is 17.3 Å². The molecule has 0 saturated heterocycles. The van der Waals surface area contributed by atoms with Gasteiger partial charge >= 0.3 is 0 Å². The Morgan fingerprint density at radius 1 is 0.970 bits per heavy atom. The number of aromatic nitrogens is 4. The fraction of sp³-hybridized carbons (Fsp3) is 0.231. The summed E-state index contributed by atoms with van der Waals surface area (Å²) < 4.78 is 2.20. The predicted octanol–water partition coefficient (Wildman–Crippen LogP) is 4.59. The lowest BCUT2D eigenvalue weighted by atomic mass is 10.1. The number of fused-ring (bicyclic) bond motifs is 1. The van der Waals surface area contributed by atoms with Crippen LogP contribution < -0.4 is 10.9 Å². The molecule has 5 rings (SSSR count). The van der Waals surface area contributed by atoms with Gasteiger partial charge in [0, 0.05) is 35.1 Å². The summed E-state index contributed by atoms with van der Waals surface area (Å²) in [5.74, 6) is 1.08. The van der Waals surface area contributed by atoms with E-state index in [9.17, 15) is 9.59 Å². The van der Waals surface area contributed by atoms with Crippen LogP contribution in [-0.2, 0) is 13.0 Å². The summed E-state index contributed by atoms with van der Waals surface area (Å²) in [7, 11) is 0. The van der Waals surface area contributed by atoms with Gasteiger partial charge in [0.05, 0.1) is 5.69 Å². The number of anilines is 1. The largest absolute Gasteiger partial charge is 0.327 e. The Hall–Kier alpha value is -4.00. The number of aromatic amines is 1. The molecule has 2 N–H and O–H groups in total. The lowest BCUT2D eigenvalue weighted by Gasteiger charge is -2.09. The number of amides is 1. The molecule has 7 heteroatoms. The minimum atomic E-state index is -0.231. The molecule has 1 aliphatic rings. The average Bonchev–Trinajstić information content (AvgIpc) is 3.00. The first kappa shape index (κ1) is 20.9. The van der Waals surface area contributed by atoms with E-state index in [4.69, 9.17) is 4.98 Å². The van der Waals surface area contributed by atoms with Crippen molar-refractivity contribution in [3.8, 4) is 22.8 Å². The molecule has 0 unspecified atom stereocenters. The van der Waals surface area contributed by atoms with Crippen molar-refractivity contribution in [1.29, 1.82) is 0 Å². The lowest BCUT2D eigenvalue weighted by Crippen LogP contribution is -2.15. The van der Waals surface area contributed by atoms with Gasteiger partial charge in [-0.1, -0.05) is 48.9 Å². The number of benzene rings is 2. The summed E-state index contributed by atoms with van der Waals surface area (Å²) >= 11 is 0. The minimum Gasteiger partial charge on any atom is -0.327 e. The molecule has 4 aromatic rings. The van der Waals surface area contributed by atoms with Crippen LogP contribution in [0, 0.1) is 6.92 Å². The van der Waals surface area contributed by atoms with Gasteiger partial charge in [-0.2, -0.15) is 0 Å². The van der Waals surface area contributed by atoms with Crippen LogP contribution in [0.3, 0.4) is 0 Å². The molecular weight excluding hydrogens is 414 g/mol.